The van der Waals surface area contributed by atoms with Gasteiger partial charge in [-0.2, -0.15) is 0 Å². The molecular weight excluding hydrogens is 300 g/mol. The van der Waals surface area contributed by atoms with Crippen LogP contribution in [-0.4, -0.2) is 0 Å². The van der Waals surface area contributed by atoms with Crippen LogP contribution in [0.4, 0.5) is 0 Å². The van der Waals surface area contributed by atoms with Crippen molar-refractivity contribution in [1.29, 1.82) is 0 Å². The number of rotatable bonds is 10. The van der Waals surface area contributed by atoms with Crippen LogP contribution in [0, 0.1) is 47.3 Å². The molecular formula is C25H46. The Kier molecular flexibility index (Phi) is 8.09. The van der Waals surface area contributed by atoms with E-state index in [1.165, 1.54) is 51.4 Å². The highest BCUT2D eigenvalue weighted by molar-refractivity contribution is 5.16. The Morgan fingerprint density at radius 3 is 2.28 bits per heavy atom. The maximum atomic E-state index is 2.72. The zero-order chi connectivity index (χ0) is 18.6. The molecule has 0 nitrogen and oxygen atoms in total. The summed E-state index contributed by atoms with van der Waals surface area (Å²) in [6, 6.07) is 0. The van der Waals surface area contributed by atoms with Crippen LogP contribution in [0.2, 0.25) is 0 Å². The van der Waals surface area contributed by atoms with Gasteiger partial charge in [0.25, 0.3) is 0 Å². The van der Waals surface area contributed by atoms with E-state index in [0.29, 0.717) is 0 Å². The molecule has 146 valence electrons. The van der Waals surface area contributed by atoms with Gasteiger partial charge in [-0.05, 0) is 79.4 Å². The van der Waals surface area contributed by atoms with E-state index >= 15 is 0 Å². The molecule has 0 heteroatoms. The van der Waals surface area contributed by atoms with Gasteiger partial charge < -0.3 is 0 Å². The monoisotopic (exact) mass is 346 g/mol. The molecule has 1 fully saturated rings. The van der Waals surface area contributed by atoms with Crippen molar-refractivity contribution in [2.45, 2.75) is 99.8 Å². The summed E-state index contributed by atoms with van der Waals surface area (Å²) in [5.74, 6) is 7.31. The third kappa shape index (κ3) is 5.86. The van der Waals surface area contributed by atoms with Gasteiger partial charge in [0.1, 0.15) is 0 Å². The lowest BCUT2D eigenvalue weighted by molar-refractivity contribution is 0.291. The third-order valence-electron chi connectivity index (χ3n) is 8.05. The van der Waals surface area contributed by atoms with Crippen molar-refractivity contribution in [3.63, 3.8) is 0 Å². The zero-order valence-electron chi connectivity index (χ0n) is 18.4. The molecule has 2 aliphatic rings. The van der Waals surface area contributed by atoms with Gasteiger partial charge >= 0.3 is 0 Å². The van der Waals surface area contributed by atoms with Crippen molar-refractivity contribution in [2.24, 2.45) is 47.3 Å². The summed E-state index contributed by atoms with van der Waals surface area (Å²) < 4.78 is 0. The molecule has 0 saturated heterocycles. The molecule has 1 saturated carbocycles. The molecule has 0 bridgehead atoms. The molecule has 0 amide bonds. The largest absolute Gasteiger partial charge is 0.0816 e. The minimum Gasteiger partial charge on any atom is -0.0816 e. The normalized spacial score (nSPS) is 35.8. The number of hydrogen-bond acceptors (Lipinski definition) is 0. The maximum absolute atomic E-state index is 2.72. The molecule has 0 heterocycles. The molecule has 0 N–H and O–H groups in total. The SMILES string of the molecule is CCCC(C)C(C)CCC1CC1CC1C=C(C(C)CC)C(C)C(C)C1. The van der Waals surface area contributed by atoms with E-state index in [2.05, 4.69) is 54.5 Å². The van der Waals surface area contributed by atoms with Gasteiger partial charge in [0.15, 0.2) is 0 Å². The topological polar surface area (TPSA) is 0 Å². The maximum Gasteiger partial charge on any atom is -0.0203 e. The standard InChI is InChI=1S/C25H46/c1-8-10-18(4)19(5)11-12-23-16-24(23)14-22-13-20(6)21(7)25(15-22)17(3)9-2/h15,17-24H,8-14,16H2,1-7H3. The second-order valence-electron chi connectivity index (χ2n) is 10.0. The predicted molar refractivity (Wildman–Crippen MR) is 113 cm³/mol. The average molecular weight is 347 g/mol. The minimum absolute atomic E-state index is 0.788. The van der Waals surface area contributed by atoms with E-state index in [4.69, 9.17) is 0 Å². The molecule has 0 spiro atoms. The molecule has 0 aromatic heterocycles. The Labute approximate surface area is 159 Å². The number of allylic oxidation sites excluding steroid dienone is 2. The van der Waals surface area contributed by atoms with Crippen molar-refractivity contribution < 1.29 is 0 Å². The van der Waals surface area contributed by atoms with Crippen molar-refractivity contribution in [3.8, 4) is 0 Å². The van der Waals surface area contributed by atoms with Crippen molar-refractivity contribution in [1.82, 2.24) is 0 Å². The lowest BCUT2D eigenvalue weighted by Crippen LogP contribution is -2.24. The summed E-state index contributed by atoms with van der Waals surface area (Å²) in [5.41, 5.74) is 1.78. The number of hydrogen-bond donors (Lipinski definition) is 0. The smallest absolute Gasteiger partial charge is 0.0203 e. The van der Waals surface area contributed by atoms with Gasteiger partial charge in [-0.1, -0.05) is 79.4 Å². The summed E-state index contributed by atoms with van der Waals surface area (Å²) >= 11 is 0. The highest BCUT2D eigenvalue weighted by Gasteiger charge is 2.39. The van der Waals surface area contributed by atoms with Crippen molar-refractivity contribution in [3.05, 3.63) is 11.6 Å². The lowest BCUT2D eigenvalue weighted by atomic mass is 9.71. The predicted octanol–water partition coefficient (Wildman–Crippen LogP) is 8.13. The fraction of sp³-hybridized carbons (Fsp3) is 0.920. The van der Waals surface area contributed by atoms with Gasteiger partial charge in [-0.25, -0.2) is 0 Å². The summed E-state index contributed by atoms with van der Waals surface area (Å²) in [5, 5.41) is 0. The summed E-state index contributed by atoms with van der Waals surface area (Å²) in [7, 11) is 0. The Balaban J connectivity index is 1.79. The first-order chi connectivity index (χ1) is 11.9. The quantitative estimate of drug-likeness (QED) is 0.350. The molecule has 0 aromatic rings. The van der Waals surface area contributed by atoms with E-state index < -0.39 is 0 Å². The molecule has 0 radical (unpaired) electrons. The first kappa shape index (κ1) is 21.0. The molecule has 0 aromatic carbocycles. The van der Waals surface area contributed by atoms with E-state index in [0.717, 1.165) is 47.3 Å². The van der Waals surface area contributed by atoms with Crippen LogP contribution >= 0.6 is 0 Å². The van der Waals surface area contributed by atoms with Crippen molar-refractivity contribution >= 4 is 0 Å². The second kappa shape index (κ2) is 9.61. The van der Waals surface area contributed by atoms with Gasteiger partial charge in [0.05, 0.1) is 0 Å². The second-order valence-corrected chi connectivity index (χ2v) is 10.0. The average Bonchev–Trinajstić information content (AvgIpc) is 3.33. The summed E-state index contributed by atoms with van der Waals surface area (Å²) in [6.07, 6.45) is 14.2. The van der Waals surface area contributed by atoms with Crippen LogP contribution in [0.1, 0.15) is 99.8 Å². The van der Waals surface area contributed by atoms with Crippen molar-refractivity contribution in [2.75, 3.05) is 0 Å². The first-order valence-corrected chi connectivity index (χ1v) is 11.6. The third-order valence-corrected chi connectivity index (χ3v) is 8.05. The van der Waals surface area contributed by atoms with E-state index in [9.17, 15) is 0 Å². The van der Waals surface area contributed by atoms with Crippen LogP contribution in [-0.2, 0) is 0 Å². The summed E-state index contributed by atoms with van der Waals surface area (Å²) in [6.45, 7) is 17.0. The Morgan fingerprint density at radius 2 is 1.64 bits per heavy atom. The zero-order valence-corrected chi connectivity index (χ0v) is 18.4. The Hall–Kier alpha value is -0.260. The highest BCUT2D eigenvalue weighted by atomic mass is 14.4. The van der Waals surface area contributed by atoms with E-state index in [1.807, 2.05) is 0 Å². The van der Waals surface area contributed by atoms with Crippen LogP contribution in [0.25, 0.3) is 0 Å². The van der Waals surface area contributed by atoms with E-state index in [1.54, 1.807) is 5.57 Å². The van der Waals surface area contributed by atoms with Gasteiger partial charge in [0, 0.05) is 0 Å². The molecule has 2 aliphatic carbocycles. The molecule has 8 atom stereocenters. The minimum atomic E-state index is 0.788. The summed E-state index contributed by atoms with van der Waals surface area (Å²) in [4.78, 5) is 0. The van der Waals surface area contributed by atoms with Gasteiger partial charge in [0.2, 0.25) is 0 Å². The molecule has 2 rings (SSSR count). The van der Waals surface area contributed by atoms with Crippen LogP contribution in [0.3, 0.4) is 0 Å². The fourth-order valence-corrected chi connectivity index (χ4v) is 5.36. The van der Waals surface area contributed by atoms with Crippen LogP contribution in [0.15, 0.2) is 11.6 Å². The first-order valence-electron chi connectivity index (χ1n) is 11.6. The van der Waals surface area contributed by atoms with E-state index in [-0.39, 0.29) is 0 Å². The highest BCUT2D eigenvalue weighted by Crippen LogP contribution is 2.50. The van der Waals surface area contributed by atoms with Gasteiger partial charge in [-0.3, -0.25) is 0 Å². The van der Waals surface area contributed by atoms with Crippen LogP contribution < -0.4 is 0 Å². The molecule has 0 aliphatic heterocycles. The fourth-order valence-electron chi connectivity index (χ4n) is 5.36. The Bertz CT molecular complexity index is 420. The molecule has 8 unspecified atom stereocenters. The van der Waals surface area contributed by atoms with Crippen LogP contribution in [0.5, 0.6) is 0 Å². The van der Waals surface area contributed by atoms with Gasteiger partial charge in [-0.15, -0.1) is 0 Å². The Morgan fingerprint density at radius 1 is 0.960 bits per heavy atom. The molecule has 25 heavy (non-hydrogen) atoms. The lowest BCUT2D eigenvalue weighted by Gasteiger charge is -2.35.